The molecule has 1 aliphatic rings. The molecule has 29 heavy (non-hydrogen) atoms. The summed E-state index contributed by atoms with van der Waals surface area (Å²) in [4.78, 5) is 26.3. The predicted octanol–water partition coefficient (Wildman–Crippen LogP) is 4.61. The summed E-state index contributed by atoms with van der Waals surface area (Å²) in [6, 6.07) is 10.3. The standard InChI is InChI=1S/C21H20Cl2FNO4/c22-16-3-6-19(18(23)13-16)28-11-12-29-21(27)15-7-9-25(10-8-15)20(26)14-1-4-17(24)5-2-14/h1-6,13,15H,7-12H2. The summed E-state index contributed by atoms with van der Waals surface area (Å²) in [5, 5.41) is 0.903. The molecular formula is C21H20Cl2FNO4. The zero-order valence-corrected chi connectivity index (χ0v) is 17.1. The molecular weight excluding hydrogens is 420 g/mol. The number of rotatable bonds is 6. The van der Waals surface area contributed by atoms with Crippen molar-refractivity contribution in [3.63, 3.8) is 0 Å². The number of benzene rings is 2. The first-order valence-electron chi connectivity index (χ1n) is 9.23. The molecule has 2 aromatic rings. The molecule has 0 atom stereocenters. The van der Waals surface area contributed by atoms with Crippen molar-refractivity contribution < 1.29 is 23.5 Å². The van der Waals surface area contributed by atoms with E-state index in [2.05, 4.69) is 0 Å². The van der Waals surface area contributed by atoms with E-state index in [0.29, 0.717) is 47.3 Å². The lowest BCUT2D eigenvalue weighted by Gasteiger charge is -2.31. The number of ether oxygens (including phenoxy) is 2. The number of hydrogen-bond donors (Lipinski definition) is 0. The molecule has 1 heterocycles. The third-order valence-corrected chi connectivity index (χ3v) is 5.22. The highest BCUT2D eigenvalue weighted by atomic mass is 35.5. The van der Waals surface area contributed by atoms with Gasteiger partial charge in [-0.15, -0.1) is 0 Å². The third-order valence-electron chi connectivity index (χ3n) is 4.69. The molecule has 0 N–H and O–H groups in total. The lowest BCUT2D eigenvalue weighted by Crippen LogP contribution is -2.40. The van der Waals surface area contributed by atoms with Crippen molar-refractivity contribution in [2.24, 2.45) is 5.92 Å². The van der Waals surface area contributed by atoms with Crippen LogP contribution in [0.3, 0.4) is 0 Å². The molecule has 0 radical (unpaired) electrons. The first-order chi connectivity index (χ1) is 13.9. The smallest absolute Gasteiger partial charge is 0.309 e. The van der Waals surface area contributed by atoms with Crippen molar-refractivity contribution in [3.8, 4) is 5.75 Å². The van der Waals surface area contributed by atoms with Gasteiger partial charge in [-0.05, 0) is 55.3 Å². The molecule has 0 aliphatic carbocycles. The van der Waals surface area contributed by atoms with Gasteiger partial charge in [0.05, 0.1) is 10.9 Å². The Morgan fingerprint density at radius 3 is 2.38 bits per heavy atom. The summed E-state index contributed by atoms with van der Waals surface area (Å²) in [5.74, 6) is -0.633. The molecule has 0 unspecified atom stereocenters. The zero-order valence-electron chi connectivity index (χ0n) is 15.6. The van der Waals surface area contributed by atoms with E-state index in [1.165, 1.54) is 24.3 Å². The highest BCUT2D eigenvalue weighted by molar-refractivity contribution is 6.35. The second-order valence-corrected chi connectivity index (χ2v) is 7.51. The van der Waals surface area contributed by atoms with Gasteiger partial charge in [-0.2, -0.15) is 0 Å². The minimum absolute atomic E-state index is 0.104. The average Bonchev–Trinajstić information content (AvgIpc) is 2.72. The van der Waals surface area contributed by atoms with E-state index in [1.54, 1.807) is 23.1 Å². The quantitative estimate of drug-likeness (QED) is 0.487. The topological polar surface area (TPSA) is 55.8 Å². The first-order valence-corrected chi connectivity index (χ1v) is 9.99. The van der Waals surface area contributed by atoms with Gasteiger partial charge in [-0.3, -0.25) is 9.59 Å². The van der Waals surface area contributed by atoms with Crippen LogP contribution in [-0.2, 0) is 9.53 Å². The van der Waals surface area contributed by atoms with Crippen molar-refractivity contribution >= 4 is 35.1 Å². The van der Waals surface area contributed by atoms with Gasteiger partial charge in [0.15, 0.2) is 0 Å². The summed E-state index contributed by atoms with van der Waals surface area (Å²) >= 11 is 11.8. The molecule has 0 saturated carbocycles. The fourth-order valence-electron chi connectivity index (χ4n) is 3.10. The molecule has 5 nitrogen and oxygen atoms in total. The number of likely N-dealkylation sites (tertiary alicyclic amines) is 1. The van der Waals surface area contributed by atoms with E-state index in [9.17, 15) is 14.0 Å². The van der Waals surface area contributed by atoms with Crippen LogP contribution in [-0.4, -0.2) is 43.1 Å². The van der Waals surface area contributed by atoms with Crippen molar-refractivity contribution in [1.29, 1.82) is 0 Å². The normalized spacial score (nSPS) is 14.5. The number of piperidine rings is 1. The Bertz CT molecular complexity index is 867. The molecule has 1 fully saturated rings. The maximum Gasteiger partial charge on any atom is 0.309 e. The summed E-state index contributed by atoms with van der Waals surface area (Å²) in [6.07, 6.45) is 1.05. The fraction of sp³-hybridized carbons (Fsp3) is 0.333. The lowest BCUT2D eigenvalue weighted by atomic mass is 9.96. The van der Waals surface area contributed by atoms with Crippen LogP contribution in [0, 0.1) is 11.7 Å². The maximum atomic E-state index is 13.0. The zero-order chi connectivity index (χ0) is 20.8. The second kappa shape index (κ2) is 9.94. The first kappa shape index (κ1) is 21.4. The number of esters is 1. The molecule has 0 bridgehead atoms. The molecule has 1 saturated heterocycles. The van der Waals surface area contributed by atoms with Crippen LogP contribution >= 0.6 is 23.2 Å². The number of carbonyl (C=O) groups is 2. The molecule has 1 aliphatic heterocycles. The van der Waals surface area contributed by atoms with Crippen LogP contribution < -0.4 is 4.74 Å². The van der Waals surface area contributed by atoms with Crippen LogP contribution in [0.2, 0.25) is 10.0 Å². The Balaban J connectivity index is 1.39. The number of amides is 1. The molecule has 8 heteroatoms. The lowest BCUT2D eigenvalue weighted by molar-refractivity contribution is -0.150. The van der Waals surface area contributed by atoms with Crippen molar-refractivity contribution in [2.45, 2.75) is 12.8 Å². The van der Waals surface area contributed by atoms with E-state index in [1.807, 2.05) is 0 Å². The number of hydrogen-bond acceptors (Lipinski definition) is 4. The Kier molecular flexibility index (Phi) is 7.34. The average molecular weight is 440 g/mol. The SMILES string of the molecule is O=C(OCCOc1ccc(Cl)cc1Cl)C1CCN(C(=O)c2ccc(F)cc2)CC1. The summed E-state index contributed by atoms with van der Waals surface area (Å²) in [7, 11) is 0. The Morgan fingerprint density at radius 1 is 1.03 bits per heavy atom. The van der Waals surface area contributed by atoms with Gasteiger partial charge >= 0.3 is 5.97 Å². The van der Waals surface area contributed by atoms with Crippen LogP contribution in [0.25, 0.3) is 0 Å². The van der Waals surface area contributed by atoms with Gasteiger partial charge in [-0.1, -0.05) is 23.2 Å². The van der Waals surface area contributed by atoms with Crippen molar-refractivity contribution in [1.82, 2.24) is 4.90 Å². The minimum Gasteiger partial charge on any atom is -0.488 e. The fourth-order valence-corrected chi connectivity index (χ4v) is 3.56. The van der Waals surface area contributed by atoms with E-state index >= 15 is 0 Å². The predicted molar refractivity (Wildman–Crippen MR) is 108 cm³/mol. The van der Waals surface area contributed by atoms with E-state index in [4.69, 9.17) is 32.7 Å². The molecule has 3 rings (SSSR count). The van der Waals surface area contributed by atoms with Crippen LogP contribution in [0.1, 0.15) is 23.2 Å². The van der Waals surface area contributed by atoms with Gasteiger partial charge in [0.25, 0.3) is 5.91 Å². The van der Waals surface area contributed by atoms with E-state index < -0.39 is 0 Å². The molecule has 154 valence electrons. The van der Waals surface area contributed by atoms with Gasteiger partial charge in [0.2, 0.25) is 0 Å². The number of nitrogens with zero attached hydrogens (tertiary/aromatic N) is 1. The van der Waals surface area contributed by atoms with Crippen molar-refractivity contribution in [2.75, 3.05) is 26.3 Å². The van der Waals surface area contributed by atoms with E-state index in [-0.39, 0.29) is 36.8 Å². The highest BCUT2D eigenvalue weighted by Gasteiger charge is 2.28. The van der Waals surface area contributed by atoms with Gasteiger partial charge in [0, 0.05) is 23.7 Å². The second-order valence-electron chi connectivity index (χ2n) is 6.66. The largest absolute Gasteiger partial charge is 0.488 e. The molecule has 0 spiro atoms. The van der Waals surface area contributed by atoms with Crippen LogP contribution in [0.5, 0.6) is 5.75 Å². The summed E-state index contributed by atoms with van der Waals surface area (Å²) in [6.45, 7) is 1.18. The Morgan fingerprint density at radius 2 is 1.72 bits per heavy atom. The molecule has 2 aromatic carbocycles. The number of carbonyl (C=O) groups excluding carboxylic acids is 2. The van der Waals surface area contributed by atoms with Crippen LogP contribution in [0.4, 0.5) is 4.39 Å². The van der Waals surface area contributed by atoms with Crippen molar-refractivity contribution in [3.05, 3.63) is 63.9 Å². The minimum atomic E-state index is -0.384. The Labute approximate surface area is 178 Å². The monoisotopic (exact) mass is 439 g/mol. The molecule has 0 aromatic heterocycles. The maximum absolute atomic E-state index is 13.0. The summed E-state index contributed by atoms with van der Waals surface area (Å²) in [5.41, 5.74) is 0.436. The highest BCUT2D eigenvalue weighted by Crippen LogP contribution is 2.27. The molecule has 1 amide bonds. The van der Waals surface area contributed by atoms with E-state index in [0.717, 1.165) is 0 Å². The van der Waals surface area contributed by atoms with Gasteiger partial charge in [0.1, 0.15) is 24.8 Å². The third kappa shape index (κ3) is 5.84. The van der Waals surface area contributed by atoms with Gasteiger partial charge < -0.3 is 14.4 Å². The van der Waals surface area contributed by atoms with Gasteiger partial charge in [-0.25, -0.2) is 4.39 Å². The summed E-state index contributed by atoms with van der Waals surface area (Å²) < 4.78 is 23.8. The number of halogens is 3. The Hall–Kier alpha value is -2.31. The van der Waals surface area contributed by atoms with Crippen LogP contribution in [0.15, 0.2) is 42.5 Å².